The molecule has 0 unspecified atom stereocenters. The van der Waals surface area contributed by atoms with Crippen LogP contribution in [0.2, 0.25) is 0 Å². The second-order valence-electron chi connectivity index (χ2n) is 6.29. The average molecular weight is 292 g/mol. The summed E-state index contributed by atoms with van der Waals surface area (Å²) in [4.78, 5) is 2.39. The molecule has 3 heteroatoms. The van der Waals surface area contributed by atoms with Crippen molar-refractivity contribution in [2.75, 3.05) is 24.5 Å². The summed E-state index contributed by atoms with van der Waals surface area (Å²) in [7, 11) is 0. The van der Waals surface area contributed by atoms with Crippen molar-refractivity contribution < 1.29 is 4.39 Å². The van der Waals surface area contributed by atoms with E-state index >= 15 is 0 Å². The van der Waals surface area contributed by atoms with E-state index in [1.54, 1.807) is 6.07 Å². The van der Waals surface area contributed by atoms with Crippen LogP contribution in [0.15, 0.2) is 18.2 Å². The summed E-state index contributed by atoms with van der Waals surface area (Å²) < 4.78 is 14.2. The van der Waals surface area contributed by atoms with E-state index in [1.807, 2.05) is 6.07 Å². The number of rotatable bonds is 7. The summed E-state index contributed by atoms with van der Waals surface area (Å²) in [6.45, 7) is 10.4. The van der Waals surface area contributed by atoms with E-state index in [9.17, 15) is 4.39 Å². The minimum Gasteiger partial charge on any atom is -0.371 e. The molecule has 1 fully saturated rings. The number of nitrogens with one attached hydrogen (secondary N) is 1. The first-order valence-electron chi connectivity index (χ1n) is 8.39. The fourth-order valence-corrected chi connectivity index (χ4v) is 3.38. The molecule has 1 aliphatic rings. The lowest BCUT2D eigenvalue weighted by atomic mass is 9.82. The van der Waals surface area contributed by atoms with Gasteiger partial charge in [-0.2, -0.15) is 0 Å². The molecule has 1 N–H and O–H groups in total. The second kappa shape index (κ2) is 7.26. The van der Waals surface area contributed by atoms with Crippen LogP contribution in [0.4, 0.5) is 10.1 Å². The molecule has 0 saturated carbocycles. The summed E-state index contributed by atoms with van der Waals surface area (Å²) in [5, 5.41) is 3.34. The first-order valence-corrected chi connectivity index (χ1v) is 8.39. The molecular formula is C18H29FN2. The van der Waals surface area contributed by atoms with Crippen molar-refractivity contribution in [3.63, 3.8) is 0 Å². The monoisotopic (exact) mass is 292 g/mol. The van der Waals surface area contributed by atoms with Crippen molar-refractivity contribution in [1.29, 1.82) is 0 Å². The van der Waals surface area contributed by atoms with E-state index in [2.05, 4.69) is 37.1 Å². The van der Waals surface area contributed by atoms with Crippen LogP contribution in [0.1, 0.15) is 52.0 Å². The largest absolute Gasteiger partial charge is 0.371 e. The van der Waals surface area contributed by atoms with Gasteiger partial charge in [0.2, 0.25) is 0 Å². The molecule has 0 radical (unpaired) electrons. The summed E-state index contributed by atoms with van der Waals surface area (Å²) in [5.74, 6) is -0.0819. The average Bonchev–Trinajstić information content (AvgIpc) is 2.94. The molecule has 118 valence electrons. The van der Waals surface area contributed by atoms with Crippen LogP contribution in [0.25, 0.3) is 0 Å². The maximum Gasteiger partial charge on any atom is 0.129 e. The lowest BCUT2D eigenvalue weighted by Crippen LogP contribution is -2.28. The predicted octanol–water partition coefficient (Wildman–Crippen LogP) is 4.34. The normalized spacial score (nSPS) is 17.4. The third kappa shape index (κ3) is 3.57. The highest BCUT2D eigenvalue weighted by atomic mass is 19.1. The van der Waals surface area contributed by atoms with Gasteiger partial charge in [-0.1, -0.05) is 26.8 Å². The van der Waals surface area contributed by atoms with Crippen LogP contribution in [-0.4, -0.2) is 19.6 Å². The van der Waals surface area contributed by atoms with Crippen molar-refractivity contribution in [2.24, 2.45) is 5.41 Å². The van der Waals surface area contributed by atoms with Crippen molar-refractivity contribution >= 4 is 5.69 Å². The fourth-order valence-electron chi connectivity index (χ4n) is 3.38. The Bertz CT molecular complexity index is 455. The maximum atomic E-state index is 14.2. The van der Waals surface area contributed by atoms with Gasteiger partial charge in [0.25, 0.3) is 0 Å². The van der Waals surface area contributed by atoms with Gasteiger partial charge in [0.15, 0.2) is 0 Å². The summed E-state index contributed by atoms with van der Waals surface area (Å²) in [6, 6.07) is 5.49. The molecule has 0 bridgehead atoms. The van der Waals surface area contributed by atoms with Gasteiger partial charge < -0.3 is 10.2 Å². The predicted molar refractivity (Wildman–Crippen MR) is 88.2 cm³/mol. The van der Waals surface area contributed by atoms with Gasteiger partial charge in [0, 0.05) is 30.9 Å². The topological polar surface area (TPSA) is 15.3 Å². The first-order chi connectivity index (χ1) is 10.2. The molecule has 21 heavy (non-hydrogen) atoms. The van der Waals surface area contributed by atoms with Crippen LogP contribution >= 0.6 is 0 Å². The quantitative estimate of drug-likeness (QED) is 0.752. The van der Waals surface area contributed by atoms with Gasteiger partial charge >= 0.3 is 0 Å². The molecular weight excluding hydrogens is 263 g/mol. The summed E-state index contributed by atoms with van der Waals surface area (Å²) >= 11 is 0. The van der Waals surface area contributed by atoms with Crippen molar-refractivity contribution in [1.82, 2.24) is 5.32 Å². The van der Waals surface area contributed by atoms with Gasteiger partial charge in [-0.05, 0) is 49.8 Å². The molecule has 0 spiro atoms. The molecule has 1 aromatic carbocycles. The molecule has 0 aliphatic carbocycles. The molecule has 1 aromatic rings. The Morgan fingerprint density at radius 2 is 2.00 bits per heavy atom. The number of nitrogens with zero attached hydrogens (tertiary/aromatic N) is 1. The van der Waals surface area contributed by atoms with Crippen molar-refractivity contribution in [3.8, 4) is 0 Å². The molecule has 1 heterocycles. The van der Waals surface area contributed by atoms with E-state index in [-0.39, 0.29) is 5.82 Å². The lowest BCUT2D eigenvalue weighted by molar-refractivity contribution is 0.301. The Kier molecular flexibility index (Phi) is 5.63. The fraction of sp³-hybridized carbons (Fsp3) is 0.667. The van der Waals surface area contributed by atoms with Crippen molar-refractivity contribution in [3.05, 3.63) is 29.6 Å². The SMILES string of the molecule is CCCNCc1c(F)cccc1N1CCC(CC)(CC)C1. The molecule has 0 aromatic heterocycles. The Labute approximate surface area is 128 Å². The molecule has 1 aliphatic heterocycles. The molecule has 1 saturated heterocycles. The molecule has 2 nitrogen and oxygen atoms in total. The zero-order chi connectivity index (χ0) is 15.3. The Balaban J connectivity index is 2.18. The minimum atomic E-state index is -0.0819. The standard InChI is InChI=1S/C18H29FN2/c1-4-11-20-13-15-16(19)8-7-9-17(15)21-12-10-18(5-2,6-3)14-21/h7-9,20H,4-6,10-14H2,1-3H3. The van der Waals surface area contributed by atoms with E-state index in [4.69, 9.17) is 0 Å². The second-order valence-corrected chi connectivity index (χ2v) is 6.29. The third-order valence-corrected chi connectivity index (χ3v) is 5.10. The number of anilines is 1. The van der Waals surface area contributed by atoms with Gasteiger partial charge in [-0.15, -0.1) is 0 Å². The van der Waals surface area contributed by atoms with Crippen LogP contribution < -0.4 is 10.2 Å². The lowest BCUT2D eigenvalue weighted by Gasteiger charge is -2.28. The number of hydrogen-bond donors (Lipinski definition) is 1. The van der Waals surface area contributed by atoms with Gasteiger partial charge in [-0.25, -0.2) is 4.39 Å². The Morgan fingerprint density at radius 1 is 1.24 bits per heavy atom. The van der Waals surface area contributed by atoms with Gasteiger partial charge in [-0.3, -0.25) is 0 Å². The van der Waals surface area contributed by atoms with Crippen LogP contribution in [-0.2, 0) is 6.54 Å². The number of halogens is 1. The molecule has 2 rings (SSSR count). The van der Waals surface area contributed by atoms with E-state index in [1.165, 1.54) is 19.3 Å². The summed E-state index contributed by atoms with van der Waals surface area (Å²) in [6.07, 6.45) is 4.71. The first kappa shape index (κ1) is 16.3. The maximum absolute atomic E-state index is 14.2. The zero-order valence-corrected chi connectivity index (χ0v) is 13.7. The smallest absolute Gasteiger partial charge is 0.129 e. The third-order valence-electron chi connectivity index (χ3n) is 5.10. The highest BCUT2D eigenvalue weighted by Gasteiger charge is 2.35. The Morgan fingerprint density at radius 3 is 2.62 bits per heavy atom. The van der Waals surface area contributed by atoms with Gasteiger partial charge in [0.1, 0.15) is 5.82 Å². The van der Waals surface area contributed by atoms with Crippen LogP contribution in [0, 0.1) is 11.2 Å². The van der Waals surface area contributed by atoms with E-state index < -0.39 is 0 Å². The number of benzene rings is 1. The van der Waals surface area contributed by atoms with Crippen LogP contribution in [0.3, 0.4) is 0 Å². The van der Waals surface area contributed by atoms with E-state index in [0.717, 1.165) is 37.3 Å². The minimum absolute atomic E-state index is 0.0819. The zero-order valence-electron chi connectivity index (χ0n) is 13.7. The van der Waals surface area contributed by atoms with Gasteiger partial charge in [0.05, 0.1) is 0 Å². The summed E-state index contributed by atoms with van der Waals surface area (Å²) in [5.41, 5.74) is 2.33. The highest BCUT2D eigenvalue weighted by Crippen LogP contribution is 2.40. The Hall–Kier alpha value is -1.09. The van der Waals surface area contributed by atoms with E-state index in [0.29, 0.717) is 12.0 Å². The van der Waals surface area contributed by atoms with Crippen molar-refractivity contribution in [2.45, 2.75) is 53.0 Å². The molecule has 0 amide bonds. The van der Waals surface area contributed by atoms with Crippen LogP contribution in [0.5, 0.6) is 0 Å². The number of hydrogen-bond acceptors (Lipinski definition) is 2. The highest BCUT2D eigenvalue weighted by molar-refractivity contribution is 5.55. The molecule has 0 atom stereocenters.